The Morgan fingerprint density at radius 2 is 1.84 bits per heavy atom. The third-order valence-electron chi connectivity index (χ3n) is 1.52. The van der Waals surface area contributed by atoms with Gasteiger partial charge in [0.2, 0.25) is 5.39 Å². The van der Waals surface area contributed by atoms with Crippen LogP contribution in [0.4, 0.5) is 28.6 Å². The second kappa shape index (κ2) is 6.29. The standard InChI is InChI=1S/C7H3N3O4.BF4/c8-9-4-1-2-6(10(13)14)5(3-4)7(11)12;2-1(3,4)5/h1-3H;/q;-1/p+1. The number of hydrogen-bond acceptors (Lipinski definition) is 4. The minimum atomic E-state index is -6.00. The predicted octanol–water partition coefficient (Wildman–Crippen LogP) is 3.08. The summed E-state index contributed by atoms with van der Waals surface area (Å²) in [4.78, 5) is 22.9. The fourth-order valence-corrected chi connectivity index (χ4v) is 0.917. The van der Waals surface area contributed by atoms with Crippen molar-refractivity contribution >= 4 is 24.6 Å². The van der Waals surface area contributed by atoms with Crippen LogP contribution in [0.25, 0.3) is 4.98 Å². The summed E-state index contributed by atoms with van der Waals surface area (Å²) in [5, 5.41) is 27.3. The maximum atomic E-state index is 10.6. The van der Waals surface area contributed by atoms with Gasteiger partial charge in [-0.2, -0.15) is 0 Å². The van der Waals surface area contributed by atoms with Crippen LogP contribution in [-0.4, -0.2) is 23.3 Å². The molecule has 0 spiro atoms. The van der Waals surface area contributed by atoms with Gasteiger partial charge in [-0.1, -0.05) is 0 Å². The molecule has 0 atom stereocenters. The van der Waals surface area contributed by atoms with E-state index in [1.807, 2.05) is 0 Å². The van der Waals surface area contributed by atoms with Gasteiger partial charge in [-0.15, -0.1) is 0 Å². The number of carboxylic acid groups (broad SMARTS) is 1. The minimum Gasteiger partial charge on any atom is -0.477 e. The Bertz CT molecular complexity index is 536. The van der Waals surface area contributed by atoms with Crippen molar-refractivity contribution in [1.82, 2.24) is 0 Å². The molecule has 0 aliphatic carbocycles. The SMILES string of the molecule is F[B-](F)(F)F.N#[N+]c1ccc([N+](=O)[O-])c(C(=O)O)c1. The summed E-state index contributed by atoms with van der Waals surface area (Å²) < 4.78 is 39.0. The van der Waals surface area contributed by atoms with Gasteiger partial charge in [0.25, 0.3) is 5.69 Å². The Morgan fingerprint density at radius 1 is 1.37 bits per heavy atom. The largest absolute Gasteiger partial charge is 0.673 e. The Hall–Kier alpha value is -2.71. The monoisotopic (exact) mass is 281 g/mol. The molecule has 0 radical (unpaired) electrons. The van der Waals surface area contributed by atoms with Gasteiger partial charge in [-0.3, -0.25) is 10.1 Å². The Kier molecular flexibility index (Phi) is 5.39. The maximum Gasteiger partial charge on any atom is 0.673 e. The van der Waals surface area contributed by atoms with Crippen molar-refractivity contribution in [3.05, 3.63) is 38.9 Å². The average Bonchev–Trinajstić information content (AvgIpc) is 2.25. The van der Waals surface area contributed by atoms with Crippen LogP contribution in [0.3, 0.4) is 0 Å². The van der Waals surface area contributed by atoms with Crippen LogP contribution in [0.15, 0.2) is 18.2 Å². The Balaban J connectivity index is 0.000000555. The van der Waals surface area contributed by atoms with E-state index in [1.54, 1.807) is 0 Å². The van der Waals surface area contributed by atoms with E-state index >= 15 is 0 Å². The van der Waals surface area contributed by atoms with Crippen molar-refractivity contribution in [2.45, 2.75) is 0 Å². The maximum absolute atomic E-state index is 10.6. The molecule has 0 aliphatic heterocycles. The fourth-order valence-electron chi connectivity index (χ4n) is 0.917. The van der Waals surface area contributed by atoms with Crippen molar-refractivity contribution in [3.63, 3.8) is 0 Å². The molecule has 102 valence electrons. The Morgan fingerprint density at radius 3 is 2.16 bits per heavy atom. The zero-order chi connectivity index (χ0) is 15.2. The van der Waals surface area contributed by atoms with E-state index in [2.05, 4.69) is 4.98 Å². The molecule has 1 aromatic carbocycles. The number of benzene rings is 1. The van der Waals surface area contributed by atoms with Crippen LogP contribution < -0.4 is 0 Å². The summed E-state index contributed by atoms with van der Waals surface area (Å²) >= 11 is 0. The smallest absolute Gasteiger partial charge is 0.477 e. The number of nitro benzene ring substituents is 1. The van der Waals surface area contributed by atoms with E-state index in [-0.39, 0.29) is 5.69 Å². The second-order valence-corrected chi connectivity index (χ2v) is 2.86. The summed E-state index contributed by atoms with van der Waals surface area (Å²) in [5.74, 6) is -1.44. The molecular formula is C7H4BF4N3O4. The molecule has 0 unspecified atom stereocenters. The van der Waals surface area contributed by atoms with Gasteiger partial charge in [0, 0.05) is 12.1 Å². The quantitative estimate of drug-likeness (QED) is 0.294. The van der Waals surface area contributed by atoms with Crippen LogP contribution in [0, 0.1) is 15.5 Å². The van der Waals surface area contributed by atoms with Gasteiger partial charge in [0.1, 0.15) is 5.56 Å². The normalized spacial score (nSPS) is 9.84. The number of rotatable bonds is 2. The third kappa shape index (κ3) is 6.56. The lowest BCUT2D eigenvalue weighted by atomic mass is 10.1. The highest BCUT2D eigenvalue weighted by Crippen LogP contribution is 2.24. The summed E-state index contributed by atoms with van der Waals surface area (Å²) in [6.07, 6.45) is 0. The van der Waals surface area contributed by atoms with Gasteiger partial charge in [-0.25, -0.2) is 4.79 Å². The highest BCUT2D eigenvalue weighted by atomic mass is 19.5. The zero-order valence-corrected chi connectivity index (χ0v) is 8.83. The first kappa shape index (κ1) is 16.3. The summed E-state index contributed by atoms with van der Waals surface area (Å²) in [6, 6.07) is 3.03. The molecule has 0 amide bonds. The van der Waals surface area contributed by atoms with Crippen molar-refractivity contribution in [3.8, 4) is 0 Å². The van der Waals surface area contributed by atoms with Crippen LogP contribution in [0.1, 0.15) is 10.4 Å². The van der Waals surface area contributed by atoms with E-state index < -0.39 is 29.4 Å². The van der Waals surface area contributed by atoms with Gasteiger partial charge >= 0.3 is 18.9 Å². The number of diazo groups is 1. The summed E-state index contributed by atoms with van der Waals surface area (Å²) in [5.41, 5.74) is -1.09. The van der Waals surface area contributed by atoms with E-state index in [1.165, 1.54) is 0 Å². The minimum absolute atomic E-state index is 0.0481. The molecule has 12 heteroatoms. The number of nitrogens with zero attached hydrogens (tertiary/aromatic N) is 3. The fraction of sp³-hybridized carbons (Fsp3) is 0. The second-order valence-electron chi connectivity index (χ2n) is 2.86. The van der Waals surface area contributed by atoms with Crippen LogP contribution in [-0.2, 0) is 0 Å². The van der Waals surface area contributed by atoms with E-state index in [9.17, 15) is 32.2 Å². The molecule has 1 aromatic rings. The van der Waals surface area contributed by atoms with E-state index in [0.29, 0.717) is 0 Å². The molecule has 0 bridgehead atoms. The molecule has 1 N–H and O–H groups in total. The van der Waals surface area contributed by atoms with Crippen molar-refractivity contribution in [2.75, 3.05) is 0 Å². The molecule has 0 saturated heterocycles. The highest BCUT2D eigenvalue weighted by Gasteiger charge is 2.23. The molecule has 0 saturated carbocycles. The lowest BCUT2D eigenvalue weighted by molar-refractivity contribution is -0.385. The van der Waals surface area contributed by atoms with Crippen molar-refractivity contribution < 1.29 is 32.1 Å². The number of carbonyl (C=O) groups is 1. The van der Waals surface area contributed by atoms with Gasteiger partial charge < -0.3 is 22.4 Å². The number of aromatic carboxylic acids is 1. The lowest BCUT2D eigenvalue weighted by Gasteiger charge is -1.94. The average molecular weight is 281 g/mol. The molecule has 0 fully saturated rings. The first-order valence-corrected chi connectivity index (χ1v) is 4.30. The summed E-state index contributed by atoms with van der Waals surface area (Å²) in [7, 11) is -6.00. The lowest BCUT2D eigenvalue weighted by Crippen LogP contribution is -2.02. The number of halogens is 4. The number of nitro groups is 1. The van der Waals surface area contributed by atoms with Crippen LogP contribution in [0.5, 0.6) is 0 Å². The molecule has 0 aliphatic rings. The van der Waals surface area contributed by atoms with Crippen LogP contribution in [0.2, 0.25) is 0 Å². The highest BCUT2D eigenvalue weighted by molar-refractivity contribution is 6.50. The van der Waals surface area contributed by atoms with Gasteiger partial charge in [0.15, 0.2) is 4.98 Å². The molecule has 1 rings (SSSR count). The number of carboxylic acids is 1. The third-order valence-corrected chi connectivity index (χ3v) is 1.52. The summed E-state index contributed by atoms with van der Waals surface area (Å²) in [6.45, 7) is 0. The first-order chi connectivity index (χ1) is 8.56. The van der Waals surface area contributed by atoms with Crippen LogP contribution >= 0.6 is 0 Å². The van der Waals surface area contributed by atoms with Gasteiger partial charge in [0.05, 0.1) is 11.0 Å². The predicted molar refractivity (Wildman–Crippen MR) is 55.0 cm³/mol. The Labute approximate surface area is 102 Å². The molecule has 0 aromatic heterocycles. The topological polar surface area (TPSA) is 109 Å². The molecule has 7 nitrogen and oxygen atoms in total. The first-order valence-electron chi connectivity index (χ1n) is 4.30. The van der Waals surface area contributed by atoms with Crippen molar-refractivity contribution in [2.24, 2.45) is 0 Å². The molecular weight excluding hydrogens is 277 g/mol. The molecule has 0 heterocycles. The van der Waals surface area contributed by atoms with E-state index in [4.69, 9.17) is 10.5 Å². The van der Waals surface area contributed by atoms with Gasteiger partial charge in [-0.05, 0) is 0 Å². The van der Waals surface area contributed by atoms with Crippen molar-refractivity contribution in [1.29, 1.82) is 5.39 Å². The molecule has 19 heavy (non-hydrogen) atoms. The van der Waals surface area contributed by atoms with E-state index in [0.717, 1.165) is 18.2 Å². The zero-order valence-electron chi connectivity index (χ0n) is 8.83. The number of hydrogen-bond donors (Lipinski definition) is 1.